The Kier molecular flexibility index (Phi) is 2.99. The van der Waals surface area contributed by atoms with Gasteiger partial charge in [-0.3, -0.25) is 4.68 Å². The molecular weight excluding hydrogens is 194 g/mol. The fourth-order valence-corrected chi connectivity index (χ4v) is 1.21. The molecule has 0 spiro atoms. The molecule has 0 radical (unpaired) electrons. The van der Waals surface area contributed by atoms with Crippen LogP contribution in [0.15, 0.2) is 24.8 Å². The van der Waals surface area contributed by atoms with Gasteiger partial charge >= 0.3 is 0 Å². The van der Waals surface area contributed by atoms with E-state index in [9.17, 15) is 0 Å². The van der Waals surface area contributed by atoms with Crippen LogP contribution < -0.4 is 5.32 Å². The molecule has 2 aromatic rings. The third-order valence-electron chi connectivity index (χ3n) is 1.92. The molecule has 0 aliphatic heterocycles. The van der Waals surface area contributed by atoms with Gasteiger partial charge in [0.1, 0.15) is 0 Å². The van der Waals surface area contributed by atoms with Crippen LogP contribution in [0.5, 0.6) is 0 Å². The second-order valence-corrected chi connectivity index (χ2v) is 3.05. The first-order chi connectivity index (χ1) is 7.38. The molecule has 0 saturated carbocycles. The van der Waals surface area contributed by atoms with E-state index in [1.807, 2.05) is 10.9 Å². The molecule has 2 heterocycles. The lowest BCUT2D eigenvalue weighted by atomic mass is 10.5. The number of H-pyrrole nitrogens is 1. The van der Waals surface area contributed by atoms with Crippen LogP contribution in [0.1, 0.15) is 0 Å². The summed E-state index contributed by atoms with van der Waals surface area (Å²) < 4.78 is 6.78. The number of hydrogen-bond donors (Lipinski definition) is 2. The van der Waals surface area contributed by atoms with Crippen LogP contribution in [0, 0.1) is 0 Å². The van der Waals surface area contributed by atoms with E-state index in [1.54, 1.807) is 25.7 Å². The van der Waals surface area contributed by atoms with Crippen molar-refractivity contribution in [1.82, 2.24) is 19.7 Å². The number of aromatic amines is 1. The molecule has 0 bridgehead atoms. The van der Waals surface area contributed by atoms with Gasteiger partial charge in [-0.2, -0.15) is 5.10 Å². The lowest BCUT2D eigenvalue weighted by molar-refractivity contribution is 0.183. The predicted molar refractivity (Wildman–Crippen MR) is 56.0 cm³/mol. The Balaban J connectivity index is 1.95. The summed E-state index contributed by atoms with van der Waals surface area (Å²) in [5.74, 6) is 0.710. The number of methoxy groups -OCH3 is 1. The Morgan fingerprint density at radius 3 is 3.27 bits per heavy atom. The van der Waals surface area contributed by atoms with Crippen molar-refractivity contribution < 1.29 is 4.74 Å². The van der Waals surface area contributed by atoms with Crippen molar-refractivity contribution in [2.24, 2.45) is 0 Å². The lowest BCUT2D eigenvalue weighted by Gasteiger charge is -1.99. The minimum Gasteiger partial charge on any atom is -0.383 e. The van der Waals surface area contributed by atoms with E-state index in [2.05, 4.69) is 20.4 Å². The van der Waals surface area contributed by atoms with E-state index in [-0.39, 0.29) is 0 Å². The smallest absolute Gasteiger partial charge is 0.204 e. The van der Waals surface area contributed by atoms with E-state index in [4.69, 9.17) is 4.74 Å². The zero-order valence-electron chi connectivity index (χ0n) is 8.47. The van der Waals surface area contributed by atoms with Crippen LogP contribution in [0.4, 0.5) is 11.6 Å². The number of hydrogen-bond acceptors (Lipinski definition) is 4. The van der Waals surface area contributed by atoms with Crippen LogP contribution in [-0.4, -0.2) is 33.5 Å². The summed E-state index contributed by atoms with van der Waals surface area (Å²) in [6.07, 6.45) is 7.11. The topological polar surface area (TPSA) is 67.8 Å². The van der Waals surface area contributed by atoms with E-state index in [0.717, 1.165) is 12.2 Å². The molecule has 0 saturated heterocycles. The first-order valence-electron chi connectivity index (χ1n) is 4.66. The summed E-state index contributed by atoms with van der Waals surface area (Å²) in [4.78, 5) is 7.01. The summed E-state index contributed by atoms with van der Waals surface area (Å²) in [6, 6.07) is 0. The summed E-state index contributed by atoms with van der Waals surface area (Å²) in [6.45, 7) is 1.40. The van der Waals surface area contributed by atoms with Gasteiger partial charge in [-0.05, 0) is 0 Å². The highest BCUT2D eigenvalue weighted by atomic mass is 16.5. The van der Waals surface area contributed by atoms with Crippen molar-refractivity contribution in [2.45, 2.75) is 6.54 Å². The zero-order chi connectivity index (χ0) is 10.5. The van der Waals surface area contributed by atoms with Gasteiger partial charge in [0.2, 0.25) is 5.95 Å². The predicted octanol–water partition coefficient (Wildman–Crippen LogP) is 0.996. The number of nitrogens with zero attached hydrogens (tertiary/aromatic N) is 3. The van der Waals surface area contributed by atoms with Crippen LogP contribution in [0.3, 0.4) is 0 Å². The quantitative estimate of drug-likeness (QED) is 0.767. The Labute approximate surface area is 87.3 Å². The number of aromatic nitrogens is 4. The average Bonchev–Trinajstić information content (AvgIpc) is 2.87. The molecule has 2 N–H and O–H groups in total. The molecule has 0 unspecified atom stereocenters. The molecule has 6 nitrogen and oxygen atoms in total. The van der Waals surface area contributed by atoms with Gasteiger partial charge in [0.15, 0.2) is 0 Å². The second-order valence-electron chi connectivity index (χ2n) is 3.05. The normalized spacial score (nSPS) is 10.5. The number of imidazole rings is 1. The Morgan fingerprint density at radius 1 is 1.60 bits per heavy atom. The third-order valence-corrected chi connectivity index (χ3v) is 1.92. The van der Waals surface area contributed by atoms with Gasteiger partial charge in [0, 0.05) is 25.7 Å². The highest BCUT2D eigenvalue weighted by Crippen LogP contribution is 2.10. The van der Waals surface area contributed by atoms with Gasteiger partial charge in [-0.15, -0.1) is 0 Å². The Morgan fingerprint density at radius 2 is 2.53 bits per heavy atom. The van der Waals surface area contributed by atoms with E-state index in [1.165, 1.54) is 0 Å². The largest absolute Gasteiger partial charge is 0.383 e. The van der Waals surface area contributed by atoms with Gasteiger partial charge in [0.25, 0.3) is 0 Å². The summed E-state index contributed by atoms with van der Waals surface area (Å²) in [5.41, 5.74) is 0.904. The average molecular weight is 207 g/mol. The molecule has 0 aliphatic carbocycles. The zero-order valence-corrected chi connectivity index (χ0v) is 8.47. The Bertz CT molecular complexity index is 394. The molecule has 6 heteroatoms. The molecule has 80 valence electrons. The molecule has 0 amide bonds. The van der Waals surface area contributed by atoms with Crippen LogP contribution >= 0.6 is 0 Å². The molecular formula is C9H13N5O. The first kappa shape index (κ1) is 9.72. The number of anilines is 2. The van der Waals surface area contributed by atoms with Crippen molar-refractivity contribution in [3.05, 3.63) is 24.8 Å². The van der Waals surface area contributed by atoms with Crippen molar-refractivity contribution in [3.63, 3.8) is 0 Å². The Hall–Kier alpha value is -1.82. The monoisotopic (exact) mass is 207 g/mol. The van der Waals surface area contributed by atoms with Crippen LogP contribution in [0.25, 0.3) is 0 Å². The van der Waals surface area contributed by atoms with Crippen molar-refractivity contribution in [3.8, 4) is 0 Å². The molecule has 2 rings (SSSR count). The molecule has 0 aromatic carbocycles. The molecule has 0 aliphatic rings. The standard InChI is InChI=1S/C9H13N5O/c1-15-5-4-14-7-8(6-12-14)13-9-10-2-3-11-9/h2-3,6-7H,4-5H2,1H3,(H2,10,11,13). The van der Waals surface area contributed by atoms with Crippen LogP contribution in [-0.2, 0) is 11.3 Å². The van der Waals surface area contributed by atoms with Gasteiger partial charge in [0.05, 0.1) is 25.0 Å². The third kappa shape index (κ3) is 2.57. The second kappa shape index (κ2) is 4.61. The van der Waals surface area contributed by atoms with Gasteiger partial charge in [-0.25, -0.2) is 4.98 Å². The van der Waals surface area contributed by atoms with Crippen LogP contribution in [0.2, 0.25) is 0 Å². The summed E-state index contributed by atoms with van der Waals surface area (Å²) in [7, 11) is 1.67. The van der Waals surface area contributed by atoms with Crippen molar-refractivity contribution in [1.29, 1.82) is 0 Å². The van der Waals surface area contributed by atoms with E-state index in [0.29, 0.717) is 12.6 Å². The molecule has 15 heavy (non-hydrogen) atoms. The highest BCUT2D eigenvalue weighted by molar-refractivity contribution is 5.49. The summed E-state index contributed by atoms with van der Waals surface area (Å²) in [5, 5.41) is 7.26. The molecule has 0 atom stereocenters. The number of rotatable bonds is 5. The maximum Gasteiger partial charge on any atom is 0.204 e. The first-order valence-corrected chi connectivity index (χ1v) is 4.66. The van der Waals surface area contributed by atoms with Gasteiger partial charge < -0.3 is 15.0 Å². The fourth-order valence-electron chi connectivity index (χ4n) is 1.21. The van der Waals surface area contributed by atoms with Crippen molar-refractivity contribution in [2.75, 3.05) is 19.0 Å². The summed E-state index contributed by atoms with van der Waals surface area (Å²) >= 11 is 0. The maximum atomic E-state index is 4.96. The highest BCUT2D eigenvalue weighted by Gasteiger charge is 1.99. The minimum atomic E-state index is 0.655. The number of nitrogens with one attached hydrogen (secondary N) is 2. The molecule has 0 fully saturated rings. The molecule has 2 aromatic heterocycles. The van der Waals surface area contributed by atoms with Crippen molar-refractivity contribution >= 4 is 11.6 Å². The van der Waals surface area contributed by atoms with E-state index < -0.39 is 0 Å². The maximum absolute atomic E-state index is 4.96. The SMILES string of the molecule is COCCn1cc(Nc2ncc[nH]2)cn1. The van der Waals surface area contributed by atoms with E-state index >= 15 is 0 Å². The van der Waals surface area contributed by atoms with Gasteiger partial charge in [-0.1, -0.05) is 0 Å². The lowest BCUT2D eigenvalue weighted by Crippen LogP contribution is -2.03. The fraction of sp³-hybridized carbons (Fsp3) is 0.333. The minimum absolute atomic E-state index is 0.655. The number of ether oxygens (including phenoxy) is 1.